The van der Waals surface area contributed by atoms with Crippen molar-refractivity contribution in [3.05, 3.63) is 0 Å². The van der Waals surface area contributed by atoms with Crippen LogP contribution >= 0.6 is 0 Å². The van der Waals surface area contributed by atoms with Crippen molar-refractivity contribution in [3.8, 4) is 0 Å². The number of carbonyl (C=O) groups excluding carboxylic acids is 2. The van der Waals surface area contributed by atoms with Crippen molar-refractivity contribution in [1.29, 1.82) is 0 Å². The predicted molar refractivity (Wildman–Crippen MR) is 70.5 cm³/mol. The second kappa shape index (κ2) is 5.02. The molecule has 4 heteroatoms. The molecule has 2 unspecified atom stereocenters. The number of aldehydes is 1. The summed E-state index contributed by atoms with van der Waals surface area (Å²) in [7, 11) is -1.78. The average molecular weight is 256 g/mol. The van der Waals surface area contributed by atoms with E-state index >= 15 is 0 Å². The topological polar surface area (TPSA) is 43.4 Å². The van der Waals surface area contributed by atoms with E-state index in [0.29, 0.717) is 12.8 Å². The molecule has 2 atom stereocenters. The van der Waals surface area contributed by atoms with Crippen LogP contribution in [-0.4, -0.2) is 26.5 Å². The summed E-state index contributed by atoms with van der Waals surface area (Å²) in [6, 6.07) is 0. The first-order chi connectivity index (χ1) is 7.67. The molecule has 1 saturated carbocycles. The van der Waals surface area contributed by atoms with E-state index in [-0.39, 0.29) is 16.9 Å². The molecule has 1 aliphatic rings. The van der Waals surface area contributed by atoms with Crippen LogP contribution in [0, 0.1) is 5.92 Å². The van der Waals surface area contributed by atoms with E-state index in [1.165, 1.54) is 0 Å². The van der Waals surface area contributed by atoms with Gasteiger partial charge in [0, 0.05) is 12.5 Å². The normalized spacial score (nSPS) is 27.0. The van der Waals surface area contributed by atoms with Crippen molar-refractivity contribution >= 4 is 20.4 Å². The maximum atomic E-state index is 11.5. The molecular formula is C13H24O3Si. The van der Waals surface area contributed by atoms with Gasteiger partial charge in [0.05, 0.1) is 5.92 Å². The highest BCUT2D eigenvalue weighted by atomic mass is 28.4. The van der Waals surface area contributed by atoms with Gasteiger partial charge in [0.15, 0.2) is 8.32 Å². The van der Waals surface area contributed by atoms with Gasteiger partial charge in [-0.05, 0) is 31.0 Å². The van der Waals surface area contributed by atoms with E-state index in [4.69, 9.17) is 4.43 Å². The molecule has 98 valence electrons. The van der Waals surface area contributed by atoms with Crippen molar-refractivity contribution in [2.75, 3.05) is 0 Å². The Bertz CT molecular complexity index is 304. The van der Waals surface area contributed by atoms with Gasteiger partial charge in [-0.15, -0.1) is 0 Å². The maximum Gasteiger partial charge on any atom is 0.192 e. The highest BCUT2D eigenvalue weighted by molar-refractivity contribution is 6.74. The molecule has 0 aliphatic heterocycles. The van der Waals surface area contributed by atoms with Crippen molar-refractivity contribution in [2.45, 2.75) is 64.3 Å². The lowest BCUT2D eigenvalue weighted by Gasteiger charge is -2.40. The molecule has 3 nitrogen and oxygen atoms in total. The standard InChI is InChI=1S/C13H24O3Si/c1-13(2,3)17(4,5)16-11-6-7-12(15)10(8-11)9-14/h9-11H,6-8H2,1-5H3. The molecule has 0 spiro atoms. The van der Waals surface area contributed by atoms with Crippen molar-refractivity contribution in [2.24, 2.45) is 5.92 Å². The molecule has 17 heavy (non-hydrogen) atoms. The third kappa shape index (κ3) is 3.49. The highest BCUT2D eigenvalue weighted by Gasteiger charge is 2.41. The first-order valence-electron chi connectivity index (χ1n) is 6.33. The van der Waals surface area contributed by atoms with Crippen LogP contribution in [0.5, 0.6) is 0 Å². The highest BCUT2D eigenvalue weighted by Crippen LogP contribution is 2.39. The zero-order chi connectivity index (χ0) is 13.3. The molecule has 0 aromatic heterocycles. The van der Waals surface area contributed by atoms with Gasteiger partial charge in [0.25, 0.3) is 0 Å². The van der Waals surface area contributed by atoms with E-state index < -0.39 is 14.2 Å². The number of hydrogen-bond donors (Lipinski definition) is 0. The van der Waals surface area contributed by atoms with E-state index in [1.54, 1.807) is 0 Å². The minimum absolute atomic E-state index is 0.0788. The van der Waals surface area contributed by atoms with Crippen molar-refractivity contribution in [1.82, 2.24) is 0 Å². The Balaban J connectivity index is 2.65. The van der Waals surface area contributed by atoms with E-state index in [2.05, 4.69) is 33.9 Å². The summed E-state index contributed by atoms with van der Waals surface area (Å²) in [5.41, 5.74) is 0. The molecule has 0 aromatic carbocycles. The van der Waals surface area contributed by atoms with Crippen LogP contribution < -0.4 is 0 Å². The lowest BCUT2D eigenvalue weighted by molar-refractivity contribution is -0.131. The van der Waals surface area contributed by atoms with Gasteiger partial charge in [0.2, 0.25) is 0 Å². The molecular weight excluding hydrogens is 232 g/mol. The van der Waals surface area contributed by atoms with Crippen LogP contribution in [0.2, 0.25) is 18.1 Å². The number of Topliss-reactive ketones (excluding diaryl/α,β-unsaturated/α-hetero) is 1. The van der Waals surface area contributed by atoms with Gasteiger partial charge in [-0.3, -0.25) is 4.79 Å². The Kier molecular flexibility index (Phi) is 4.31. The quantitative estimate of drug-likeness (QED) is 0.443. The third-order valence-electron chi connectivity index (χ3n) is 4.07. The zero-order valence-electron chi connectivity index (χ0n) is 11.6. The Morgan fingerprint density at radius 3 is 2.41 bits per heavy atom. The number of carbonyl (C=O) groups is 2. The first kappa shape index (κ1) is 14.6. The van der Waals surface area contributed by atoms with E-state index in [1.807, 2.05) is 0 Å². The lowest BCUT2D eigenvalue weighted by Crippen LogP contribution is -2.46. The SMILES string of the molecule is CC(C)(C)[Si](C)(C)OC1CCC(=O)C(C=O)C1. The largest absolute Gasteiger partial charge is 0.414 e. The summed E-state index contributed by atoms with van der Waals surface area (Å²) in [5.74, 6) is -0.353. The Morgan fingerprint density at radius 1 is 1.35 bits per heavy atom. The molecule has 0 N–H and O–H groups in total. The van der Waals surface area contributed by atoms with Crippen molar-refractivity contribution < 1.29 is 14.0 Å². The predicted octanol–water partition coefficient (Wildman–Crippen LogP) is 2.94. The van der Waals surface area contributed by atoms with Gasteiger partial charge >= 0.3 is 0 Å². The molecule has 0 aromatic rings. The number of hydrogen-bond acceptors (Lipinski definition) is 3. The van der Waals surface area contributed by atoms with Gasteiger partial charge in [-0.2, -0.15) is 0 Å². The van der Waals surface area contributed by atoms with Crippen LogP contribution in [-0.2, 0) is 14.0 Å². The molecule has 0 bridgehead atoms. The smallest absolute Gasteiger partial charge is 0.192 e. The number of ketones is 1. The fourth-order valence-corrected chi connectivity index (χ4v) is 3.25. The van der Waals surface area contributed by atoms with Crippen LogP contribution in [0.25, 0.3) is 0 Å². The second-order valence-electron chi connectivity index (χ2n) is 6.48. The Labute approximate surface area is 105 Å². The minimum Gasteiger partial charge on any atom is -0.414 e. The van der Waals surface area contributed by atoms with Crippen LogP contribution in [0.3, 0.4) is 0 Å². The minimum atomic E-state index is -1.78. The summed E-state index contributed by atoms with van der Waals surface area (Å²) >= 11 is 0. The molecule has 0 amide bonds. The van der Waals surface area contributed by atoms with Crippen LogP contribution in [0.4, 0.5) is 0 Å². The van der Waals surface area contributed by atoms with Crippen LogP contribution in [0.1, 0.15) is 40.0 Å². The second-order valence-corrected chi connectivity index (χ2v) is 11.2. The summed E-state index contributed by atoms with van der Waals surface area (Å²) in [4.78, 5) is 22.3. The zero-order valence-corrected chi connectivity index (χ0v) is 12.6. The van der Waals surface area contributed by atoms with Gasteiger partial charge in [0.1, 0.15) is 12.1 Å². The van der Waals surface area contributed by atoms with Gasteiger partial charge < -0.3 is 9.22 Å². The summed E-state index contributed by atoms with van der Waals surface area (Å²) in [6.45, 7) is 11.0. The lowest BCUT2D eigenvalue weighted by atomic mass is 9.87. The van der Waals surface area contributed by atoms with Gasteiger partial charge in [-0.1, -0.05) is 20.8 Å². The van der Waals surface area contributed by atoms with Crippen LogP contribution in [0.15, 0.2) is 0 Å². The Morgan fingerprint density at radius 2 is 1.94 bits per heavy atom. The fourth-order valence-electron chi connectivity index (χ4n) is 1.85. The van der Waals surface area contributed by atoms with Gasteiger partial charge in [-0.25, -0.2) is 0 Å². The summed E-state index contributed by atoms with van der Waals surface area (Å²) in [5, 5.41) is 0.172. The first-order valence-corrected chi connectivity index (χ1v) is 9.24. The molecule has 1 rings (SSSR count). The third-order valence-corrected chi connectivity index (χ3v) is 8.61. The summed E-state index contributed by atoms with van der Waals surface area (Å²) < 4.78 is 6.25. The number of rotatable bonds is 3. The van der Waals surface area contributed by atoms with E-state index in [0.717, 1.165) is 12.7 Å². The van der Waals surface area contributed by atoms with E-state index in [9.17, 15) is 9.59 Å². The maximum absolute atomic E-state index is 11.5. The molecule has 0 saturated heterocycles. The summed E-state index contributed by atoms with van der Waals surface area (Å²) in [6.07, 6.45) is 2.71. The monoisotopic (exact) mass is 256 g/mol. The molecule has 1 aliphatic carbocycles. The van der Waals surface area contributed by atoms with Crippen molar-refractivity contribution in [3.63, 3.8) is 0 Å². The molecule has 1 fully saturated rings. The molecule has 0 radical (unpaired) electrons. The molecule has 0 heterocycles. The Hall–Kier alpha value is -0.483. The fraction of sp³-hybridized carbons (Fsp3) is 0.846. The average Bonchev–Trinajstić information content (AvgIpc) is 2.19.